The van der Waals surface area contributed by atoms with Crippen LogP contribution in [0.1, 0.15) is 31.2 Å². The standard InChI is InChI=1S/C26H22F2N4O3/c1-17(25-30-20-12-6-8-14-22(20)32(25)26(27)28)35-24(33)15-31-21-13-7-5-11-19(21)29-23(31)16-34-18-9-3-2-4-10-18/h2-14,17,26H,15-16H2,1H3. The molecule has 0 aliphatic heterocycles. The number of imidazole rings is 2. The van der Waals surface area contributed by atoms with E-state index in [1.54, 1.807) is 28.8 Å². The molecule has 35 heavy (non-hydrogen) atoms. The van der Waals surface area contributed by atoms with Crippen LogP contribution in [0.3, 0.4) is 0 Å². The number of hydrogen-bond donors (Lipinski definition) is 0. The molecule has 1 unspecified atom stereocenters. The first-order valence-electron chi connectivity index (χ1n) is 11.1. The minimum absolute atomic E-state index is 0.0160. The van der Waals surface area contributed by atoms with Crippen LogP contribution in [0.4, 0.5) is 8.78 Å². The zero-order chi connectivity index (χ0) is 24.4. The molecule has 0 bridgehead atoms. The van der Waals surface area contributed by atoms with Crippen molar-refractivity contribution in [1.29, 1.82) is 0 Å². The van der Waals surface area contributed by atoms with E-state index >= 15 is 0 Å². The van der Waals surface area contributed by atoms with E-state index in [2.05, 4.69) is 9.97 Å². The van der Waals surface area contributed by atoms with Gasteiger partial charge in [0.1, 0.15) is 24.7 Å². The highest BCUT2D eigenvalue weighted by Crippen LogP contribution is 2.28. The lowest BCUT2D eigenvalue weighted by atomic mass is 10.3. The third kappa shape index (κ3) is 4.57. The van der Waals surface area contributed by atoms with Gasteiger partial charge in [0.2, 0.25) is 0 Å². The molecule has 2 heterocycles. The summed E-state index contributed by atoms with van der Waals surface area (Å²) in [7, 11) is 0. The lowest BCUT2D eigenvalue weighted by molar-refractivity contribution is -0.150. The van der Waals surface area contributed by atoms with Crippen molar-refractivity contribution in [3.05, 3.63) is 90.5 Å². The van der Waals surface area contributed by atoms with Crippen molar-refractivity contribution in [2.75, 3.05) is 0 Å². The molecular formula is C26H22F2N4O3. The SMILES string of the molecule is CC(OC(=O)Cn1c(COc2ccccc2)nc2ccccc21)c1nc2ccccc2n1C(F)F. The number of rotatable bonds is 8. The van der Waals surface area contributed by atoms with Crippen molar-refractivity contribution >= 4 is 28.0 Å². The van der Waals surface area contributed by atoms with Gasteiger partial charge in [-0.1, -0.05) is 42.5 Å². The third-order valence-electron chi connectivity index (χ3n) is 5.62. The number of carbonyl (C=O) groups excluding carboxylic acids is 1. The number of aromatic nitrogens is 4. The first-order valence-corrected chi connectivity index (χ1v) is 11.1. The Labute approximate surface area is 199 Å². The van der Waals surface area contributed by atoms with Crippen molar-refractivity contribution in [2.45, 2.75) is 32.7 Å². The van der Waals surface area contributed by atoms with E-state index < -0.39 is 18.6 Å². The Balaban J connectivity index is 1.38. The van der Waals surface area contributed by atoms with E-state index in [9.17, 15) is 13.6 Å². The first kappa shape index (κ1) is 22.5. The molecule has 7 nitrogen and oxygen atoms in total. The number of alkyl halides is 2. The largest absolute Gasteiger partial charge is 0.486 e. The fraction of sp³-hybridized carbons (Fsp3) is 0.192. The van der Waals surface area contributed by atoms with Crippen LogP contribution in [-0.2, 0) is 22.7 Å². The summed E-state index contributed by atoms with van der Waals surface area (Å²) in [5.41, 5.74) is 2.14. The average Bonchev–Trinajstić information content (AvgIpc) is 3.42. The zero-order valence-corrected chi connectivity index (χ0v) is 18.8. The number of ether oxygens (including phenoxy) is 2. The molecule has 1 atom stereocenters. The van der Waals surface area contributed by atoms with Crippen LogP contribution in [0.25, 0.3) is 22.1 Å². The molecular weight excluding hydrogens is 454 g/mol. The van der Waals surface area contributed by atoms with Crippen LogP contribution >= 0.6 is 0 Å². The Morgan fingerprint density at radius 1 is 0.886 bits per heavy atom. The van der Waals surface area contributed by atoms with Crippen molar-refractivity contribution in [1.82, 2.24) is 19.1 Å². The molecule has 178 valence electrons. The fourth-order valence-corrected chi connectivity index (χ4v) is 4.05. The monoisotopic (exact) mass is 476 g/mol. The van der Waals surface area contributed by atoms with Crippen molar-refractivity contribution in [3.8, 4) is 5.75 Å². The zero-order valence-electron chi connectivity index (χ0n) is 18.8. The smallest absolute Gasteiger partial charge is 0.326 e. The summed E-state index contributed by atoms with van der Waals surface area (Å²) in [6, 6.07) is 23.3. The van der Waals surface area contributed by atoms with Gasteiger partial charge in [0.25, 0.3) is 0 Å². The van der Waals surface area contributed by atoms with Gasteiger partial charge in [0.15, 0.2) is 11.9 Å². The number of benzene rings is 3. The number of carbonyl (C=O) groups is 1. The Morgan fingerprint density at radius 3 is 2.23 bits per heavy atom. The van der Waals surface area contributed by atoms with E-state index in [0.29, 0.717) is 22.6 Å². The van der Waals surface area contributed by atoms with Crippen LogP contribution in [-0.4, -0.2) is 25.1 Å². The second kappa shape index (κ2) is 9.54. The lowest BCUT2D eigenvalue weighted by Crippen LogP contribution is -2.20. The summed E-state index contributed by atoms with van der Waals surface area (Å²) >= 11 is 0. The summed E-state index contributed by atoms with van der Waals surface area (Å²) in [6.45, 7) is -1.31. The van der Waals surface area contributed by atoms with Crippen LogP contribution in [0, 0.1) is 0 Å². The van der Waals surface area contributed by atoms with Gasteiger partial charge in [-0.25, -0.2) is 9.97 Å². The predicted molar refractivity (Wildman–Crippen MR) is 126 cm³/mol. The summed E-state index contributed by atoms with van der Waals surface area (Å²) < 4.78 is 41.5. The van der Waals surface area contributed by atoms with E-state index in [-0.39, 0.29) is 24.5 Å². The Morgan fingerprint density at radius 2 is 1.51 bits per heavy atom. The van der Waals surface area contributed by atoms with E-state index in [4.69, 9.17) is 9.47 Å². The van der Waals surface area contributed by atoms with Crippen LogP contribution in [0.5, 0.6) is 5.75 Å². The van der Waals surface area contributed by atoms with Gasteiger partial charge in [-0.05, 0) is 43.3 Å². The van der Waals surface area contributed by atoms with Gasteiger partial charge in [-0.2, -0.15) is 8.78 Å². The summed E-state index contributed by atoms with van der Waals surface area (Å²) in [4.78, 5) is 21.8. The second-order valence-electron chi connectivity index (χ2n) is 7.94. The van der Waals surface area contributed by atoms with Gasteiger partial charge in [-0.15, -0.1) is 0 Å². The van der Waals surface area contributed by atoms with Crippen molar-refractivity contribution < 1.29 is 23.0 Å². The quantitative estimate of drug-likeness (QED) is 0.270. The predicted octanol–water partition coefficient (Wildman–Crippen LogP) is 5.66. The van der Waals surface area contributed by atoms with E-state index in [1.165, 1.54) is 6.92 Å². The molecule has 9 heteroatoms. The topological polar surface area (TPSA) is 71.2 Å². The maximum absolute atomic E-state index is 13.8. The molecule has 0 aliphatic carbocycles. The van der Waals surface area contributed by atoms with Crippen molar-refractivity contribution in [2.24, 2.45) is 0 Å². The highest BCUT2D eigenvalue weighted by molar-refractivity contribution is 5.79. The lowest BCUT2D eigenvalue weighted by Gasteiger charge is -2.16. The summed E-state index contributed by atoms with van der Waals surface area (Å²) in [5, 5.41) is 0. The van der Waals surface area contributed by atoms with Gasteiger partial charge in [0.05, 0.1) is 22.1 Å². The molecule has 0 fully saturated rings. The normalized spacial score (nSPS) is 12.3. The van der Waals surface area contributed by atoms with Gasteiger partial charge in [0, 0.05) is 0 Å². The molecule has 3 aromatic carbocycles. The molecule has 0 N–H and O–H groups in total. The maximum Gasteiger partial charge on any atom is 0.326 e. The number of esters is 1. The van der Waals surface area contributed by atoms with Gasteiger partial charge >= 0.3 is 12.5 Å². The average molecular weight is 476 g/mol. The molecule has 5 rings (SSSR count). The van der Waals surface area contributed by atoms with Crippen LogP contribution in [0.15, 0.2) is 78.9 Å². The maximum atomic E-state index is 13.8. The third-order valence-corrected chi connectivity index (χ3v) is 5.62. The summed E-state index contributed by atoms with van der Waals surface area (Å²) in [5.74, 6) is 0.597. The van der Waals surface area contributed by atoms with Crippen LogP contribution in [0.2, 0.25) is 0 Å². The molecule has 0 amide bonds. The molecule has 5 aromatic rings. The molecule has 2 aromatic heterocycles. The number of para-hydroxylation sites is 5. The highest BCUT2D eigenvalue weighted by Gasteiger charge is 2.25. The highest BCUT2D eigenvalue weighted by atomic mass is 19.3. The molecule has 0 spiro atoms. The number of halogens is 2. The van der Waals surface area contributed by atoms with Gasteiger partial charge in [-0.3, -0.25) is 9.36 Å². The van der Waals surface area contributed by atoms with Crippen LogP contribution < -0.4 is 4.74 Å². The Bertz CT molecular complexity index is 1480. The minimum Gasteiger partial charge on any atom is -0.486 e. The molecule has 0 saturated carbocycles. The molecule has 0 aliphatic rings. The van der Waals surface area contributed by atoms with E-state index in [1.807, 2.05) is 54.6 Å². The fourth-order valence-electron chi connectivity index (χ4n) is 4.05. The second-order valence-corrected chi connectivity index (χ2v) is 7.94. The number of hydrogen-bond acceptors (Lipinski definition) is 5. The molecule has 0 radical (unpaired) electrons. The Hall–Kier alpha value is -4.27. The Kier molecular flexibility index (Phi) is 6.13. The molecule has 0 saturated heterocycles. The number of fused-ring (bicyclic) bond motifs is 2. The first-order chi connectivity index (χ1) is 17.0. The van der Waals surface area contributed by atoms with Crippen molar-refractivity contribution in [3.63, 3.8) is 0 Å². The number of nitrogens with zero attached hydrogens (tertiary/aromatic N) is 4. The van der Waals surface area contributed by atoms with E-state index in [0.717, 1.165) is 10.1 Å². The minimum atomic E-state index is -2.82. The van der Waals surface area contributed by atoms with Gasteiger partial charge < -0.3 is 14.0 Å². The summed E-state index contributed by atoms with van der Waals surface area (Å²) in [6.07, 6.45) is -0.984.